The molecule has 0 spiro atoms. The zero-order valence-corrected chi connectivity index (χ0v) is 12.2. The lowest BCUT2D eigenvalue weighted by molar-refractivity contribution is 0.0661. The summed E-state index contributed by atoms with van der Waals surface area (Å²) in [5.41, 5.74) is 7.54. The van der Waals surface area contributed by atoms with Crippen molar-refractivity contribution in [3.8, 4) is 0 Å². The number of carboxylic acid groups (broad SMARTS) is 1. The normalized spacial score (nSPS) is 10.4. The van der Waals surface area contributed by atoms with Gasteiger partial charge in [-0.15, -0.1) is 11.8 Å². The number of benzene rings is 1. The Morgan fingerprint density at radius 1 is 1.20 bits per heavy atom. The minimum Gasteiger partial charge on any atom is -0.475 e. The van der Waals surface area contributed by atoms with Gasteiger partial charge in [0.1, 0.15) is 10.7 Å². The number of furan rings is 1. The number of thioether (sulfide) groups is 1. The molecule has 6 heteroatoms. The Balaban J connectivity index is 1.85. The van der Waals surface area contributed by atoms with Crippen LogP contribution >= 0.6 is 24.0 Å². The first kappa shape index (κ1) is 14.6. The number of rotatable bonds is 6. The van der Waals surface area contributed by atoms with Crippen LogP contribution in [-0.4, -0.2) is 16.1 Å². The molecular formula is C14H13NO3S2. The van der Waals surface area contributed by atoms with Gasteiger partial charge in [0.15, 0.2) is 0 Å². The number of hydrogen-bond donors (Lipinski definition) is 2. The number of thiocarbonyl (C=S) groups is 1. The SMILES string of the molecule is NC(=S)c1ccc(CSCc2ccc(C(=O)O)o2)cc1. The van der Waals surface area contributed by atoms with E-state index < -0.39 is 5.97 Å². The van der Waals surface area contributed by atoms with Crippen LogP contribution in [0.25, 0.3) is 0 Å². The molecule has 1 aromatic carbocycles. The summed E-state index contributed by atoms with van der Waals surface area (Å²) >= 11 is 6.54. The summed E-state index contributed by atoms with van der Waals surface area (Å²) in [6.07, 6.45) is 0. The average molecular weight is 307 g/mol. The molecule has 0 saturated heterocycles. The van der Waals surface area contributed by atoms with E-state index in [0.29, 0.717) is 16.5 Å². The summed E-state index contributed by atoms with van der Waals surface area (Å²) in [5.74, 6) is 1.02. The van der Waals surface area contributed by atoms with Crippen molar-refractivity contribution in [3.05, 3.63) is 59.0 Å². The maximum absolute atomic E-state index is 10.7. The number of aromatic carboxylic acids is 1. The van der Waals surface area contributed by atoms with Crippen LogP contribution in [0.5, 0.6) is 0 Å². The maximum atomic E-state index is 10.7. The van der Waals surface area contributed by atoms with Gasteiger partial charge in [-0.1, -0.05) is 36.5 Å². The summed E-state index contributed by atoms with van der Waals surface area (Å²) in [6.45, 7) is 0. The lowest BCUT2D eigenvalue weighted by Gasteiger charge is -2.02. The van der Waals surface area contributed by atoms with E-state index in [1.54, 1.807) is 17.8 Å². The number of hydrogen-bond acceptors (Lipinski definition) is 4. The Morgan fingerprint density at radius 2 is 1.90 bits per heavy atom. The van der Waals surface area contributed by atoms with Crippen molar-refractivity contribution in [2.75, 3.05) is 0 Å². The van der Waals surface area contributed by atoms with Gasteiger partial charge in [-0.3, -0.25) is 0 Å². The molecule has 3 N–H and O–H groups in total. The lowest BCUT2D eigenvalue weighted by Crippen LogP contribution is -2.08. The van der Waals surface area contributed by atoms with Crippen molar-refractivity contribution in [2.24, 2.45) is 5.73 Å². The summed E-state index contributed by atoms with van der Waals surface area (Å²) in [4.78, 5) is 11.1. The van der Waals surface area contributed by atoms with Crippen LogP contribution in [-0.2, 0) is 11.5 Å². The van der Waals surface area contributed by atoms with Gasteiger partial charge in [0, 0.05) is 11.3 Å². The monoisotopic (exact) mass is 307 g/mol. The zero-order chi connectivity index (χ0) is 14.5. The number of nitrogens with two attached hydrogens (primary N) is 1. The third-order valence-corrected chi connectivity index (χ3v) is 3.89. The molecular weight excluding hydrogens is 294 g/mol. The fourth-order valence-electron chi connectivity index (χ4n) is 1.61. The molecule has 2 rings (SSSR count). The van der Waals surface area contributed by atoms with Crippen molar-refractivity contribution in [1.82, 2.24) is 0 Å². The molecule has 0 radical (unpaired) electrons. The van der Waals surface area contributed by atoms with Crippen molar-refractivity contribution in [1.29, 1.82) is 0 Å². The fourth-order valence-corrected chi connectivity index (χ4v) is 2.63. The van der Waals surface area contributed by atoms with Gasteiger partial charge in [-0.2, -0.15) is 0 Å². The molecule has 0 atom stereocenters. The van der Waals surface area contributed by atoms with Gasteiger partial charge >= 0.3 is 5.97 Å². The van der Waals surface area contributed by atoms with Crippen LogP contribution in [0.4, 0.5) is 0 Å². The van der Waals surface area contributed by atoms with E-state index in [2.05, 4.69) is 0 Å². The number of carbonyl (C=O) groups is 1. The topological polar surface area (TPSA) is 76.5 Å². The molecule has 4 nitrogen and oxygen atoms in total. The first-order valence-corrected chi connectivity index (χ1v) is 7.41. The fraction of sp³-hybridized carbons (Fsp3) is 0.143. The first-order valence-electron chi connectivity index (χ1n) is 5.85. The van der Waals surface area contributed by atoms with Gasteiger partial charge in [0.2, 0.25) is 5.76 Å². The van der Waals surface area contributed by atoms with E-state index in [-0.39, 0.29) is 5.76 Å². The minimum absolute atomic E-state index is 0.0265. The average Bonchev–Trinajstić information content (AvgIpc) is 2.88. The highest BCUT2D eigenvalue weighted by Crippen LogP contribution is 2.20. The van der Waals surface area contributed by atoms with Gasteiger partial charge in [0.05, 0.1) is 5.75 Å². The molecule has 0 fully saturated rings. The highest BCUT2D eigenvalue weighted by Gasteiger charge is 2.08. The van der Waals surface area contributed by atoms with E-state index >= 15 is 0 Å². The van der Waals surface area contributed by atoms with Gasteiger partial charge in [0.25, 0.3) is 0 Å². The van der Waals surface area contributed by atoms with E-state index in [4.69, 9.17) is 27.5 Å². The third-order valence-electron chi connectivity index (χ3n) is 2.62. The van der Waals surface area contributed by atoms with Crippen LogP contribution in [0.15, 0.2) is 40.8 Å². The third kappa shape index (κ3) is 3.85. The van der Waals surface area contributed by atoms with Crippen molar-refractivity contribution in [2.45, 2.75) is 11.5 Å². The molecule has 0 aliphatic heterocycles. The van der Waals surface area contributed by atoms with Crippen LogP contribution in [0.3, 0.4) is 0 Å². The second kappa shape index (κ2) is 6.58. The van der Waals surface area contributed by atoms with Crippen molar-refractivity contribution >= 4 is 34.9 Å². The minimum atomic E-state index is -1.05. The molecule has 0 aliphatic carbocycles. The molecule has 104 valence electrons. The van der Waals surface area contributed by atoms with E-state index in [0.717, 1.165) is 16.9 Å². The smallest absolute Gasteiger partial charge is 0.371 e. The lowest BCUT2D eigenvalue weighted by atomic mass is 10.1. The summed E-state index contributed by atoms with van der Waals surface area (Å²) < 4.78 is 5.18. The highest BCUT2D eigenvalue weighted by atomic mass is 32.2. The van der Waals surface area contributed by atoms with Crippen LogP contribution in [0, 0.1) is 0 Å². The van der Waals surface area contributed by atoms with Gasteiger partial charge in [-0.25, -0.2) is 4.79 Å². The van der Waals surface area contributed by atoms with Crippen molar-refractivity contribution in [3.63, 3.8) is 0 Å². The highest BCUT2D eigenvalue weighted by molar-refractivity contribution is 7.97. The predicted molar refractivity (Wildman–Crippen MR) is 83.0 cm³/mol. The van der Waals surface area contributed by atoms with E-state index in [1.165, 1.54) is 6.07 Å². The maximum Gasteiger partial charge on any atom is 0.371 e. The zero-order valence-electron chi connectivity index (χ0n) is 10.5. The molecule has 1 heterocycles. The second-order valence-corrected chi connectivity index (χ2v) is 5.55. The number of carboxylic acids is 1. The second-order valence-electron chi connectivity index (χ2n) is 4.13. The Bertz CT molecular complexity index is 620. The Labute approximate surface area is 126 Å². The standard InChI is InChI=1S/C14H13NO3S2/c15-13(19)10-3-1-9(2-4-10)7-20-8-11-5-6-12(18-11)14(16)17/h1-6H,7-8H2,(H2,15,19)(H,16,17). The van der Waals surface area contributed by atoms with E-state index in [1.807, 2.05) is 24.3 Å². The quantitative estimate of drug-likeness (QED) is 0.799. The predicted octanol–water partition coefficient (Wildman–Crippen LogP) is 3.05. The van der Waals surface area contributed by atoms with Crippen molar-refractivity contribution < 1.29 is 14.3 Å². The molecule has 0 amide bonds. The molecule has 0 saturated carbocycles. The summed E-state index contributed by atoms with van der Waals surface area (Å²) in [5, 5.41) is 8.75. The van der Waals surface area contributed by atoms with Gasteiger partial charge in [-0.05, 0) is 17.7 Å². The molecule has 0 unspecified atom stereocenters. The molecule has 0 bridgehead atoms. The Kier molecular flexibility index (Phi) is 4.81. The molecule has 2 aromatic rings. The van der Waals surface area contributed by atoms with Crippen LogP contribution in [0.2, 0.25) is 0 Å². The van der Waals surface area contributed by atoms with E-state index in [9.17, 15) is 4.79 Å². The Hall–Kier alpha value is -1.79. The summed E-state index contributed by atoms with van der Waals surface area (Å²) in [6, 6.07) is 10.9. The summed E-state index contributed by atoms with van der Waals surface area (Å²) in [7, 11) is 0. The van der Waals surface area contributed by atoms with Gasteiger partial charge < -0.3 is 15.3 Å². The molecule has 0 aliphatic rings. The first-order chi connectivity index (χ1) is 9.56. The largest absolute Gasteiger partial charge is 0.475 e. The van der Waals surface area contributed by atoms with Crippen LogP contribution in [0.1, 0.15) is 27.4 Å². The Morgan fingerprint density at radius 3 is 2.45 bits per heavy atom. The molecule has 1 aromatic heterocycles. The molecule has 20 heavy (non-hydrogen) atoms. The van der Waals surface area contributed by atoms with Crippen LogP contribution < -0.4 is 5.73 Å².